The molecule has 0 bridgehead atoms. The molecule has 1 saturated heterocycles. The Morgan fingerprint density at radius 2 is 1.92 bits per heavy atom. The molecule has 1 fully saturated rings. The van der Waals surface area contributed by atoms with Crippen LogP contribution in [0.3, 0.4) is 0 Å². The minimum Gasteiger partial charge on any atom is -0.485 e. The van der Waals surface area contributed by atoms with Gasteiger partial charge in [-0.2, -0.15) is 0 Å². The van der Waals surface area contributed by atoms with Crippen molar-refractivity contribution < 1.29 is 9.53 Å². The van der Waals surface area contributed by atoms with Gasteiger partial charge >= 0.3 is 6.03 Å². The molecular formula is C19H29N3O2S. The maximum Gasteiger partial charge on any atom is 0.317 e. The van der Waals surface area contributed by atoms with Crippen LogP contribution in [0.5, 0.6) is 0 Å². The number of piperazine rings is 1. The number of urea groups is 1. The summed E-state index contributed by atoms with van der Waals surface area (Å²) in [5, 5.41) is 3.62. The molecule has 0 aliphatic carbocycles. The minimum atomic E-state index is -0.0959. The zero-order chi connectivity index (χ0) is 18.1. The fraction of sp³-hybridized carbons (Fsp3) is 0.579. The van der Waals surface area contributed by atoms with Crippen molar-refractivity contribution in [1.82, 2.24) is 15.1 Å². The molecule has 1 N–H and O–H groups in total. The first-order chi connectivity index (χ1) is 12.1. The number of hydrogen-bond acceptors (Lipinski definition) is 4. The van der Waals surface area contributed by atoms with Crippen LogP contribution in [0.15, 0.2) is 30.3 Å². The number of ether oxygens (including phenoxy) is 1. The summed E-state index contributed by atoms with van der Waals surface area (Å²) in [6.07, 6.45) is 1.88. The van der Waals surface area contributed by atoms with Gasteiger partial charge in [-0.1, -0.05) is 37.3 Å². The third-order valence-electron chi connectivity index (χ3n) is 4.34. The number of hydrogen-bond donors (Lipinski definition) is 1. The molecule has 2 rings (SSSR count). The second-order valence-corrected chi connectivity index (χ2v) is 7.04. The molecule has 1 unspecified atom stereocenters. The second-order valence-electron chi connectivity index (χ2n) is 6.47. The second kappa shape index (κ2) is 10.4. The smallest absolute Gasteiger partial charge is 0.317 e. The highest BCUT2D eigenvalue weighted by Crippen LogP contribution is 2.07. The number of rotatable bonds is 7. The number of benzene rings is 1. The summed E-state index contributed by atoms with van der Waals surface area (Å²) in [5.74, 6) is 0. The number of nitrogens with zero attached hydrogens (tertiary/aromatic N) is 2. The summed E-state index contributed by atoms with van der Waals surface area (Å²) in [5.41, 5.74) is 1.17. The number of amides is 2. The lowest BCUT2D eigenvalue weighted by Gasteiger charge is -2.35. The lowest BCUT2D eigenvalue weighted by atomic mass is 10.1. The van der Waals surface area contributed by atoms with Gasteiger partial charge in [0.1, 0.15) is 6.61 Å². The molecule has 1 aromatic rings. The molecule has 0 aromatic heterocycles. The van der Waals surface area contributed by atoms with Gasteiger partial charge in [0.25, 0.3) is 0 Å². The monoisotopic (exact) mass is 363 g/mol. The zero-order valence-electron chi connectivity index (χ0n) is 15.2. The predicted octanol–water partition coefficient (Wildman–Crippen LogP) is 2.70. The molecule has 0 radical (unpaired) electrons. The van der Waals surface area contributed by atoms with Crippen molar-refractivity contribution in [2.24, 2.45) is 0 Å². The molecular weight excluding hydrogens is 334 g/mol. The Morgan fingerprint density at radius 1 is 1.24 bits per heavy atom. The molecule has 25 heavy (non-hydrogen) atoms. The predicted molar refractivity (Wildman–Crippen MR) is 105 cm³/mol. The van der Waals surface area contributed by atoms with Crippen molar-refractivity contribution in [3.8, 4) is 0 Å². The molecule has 1 aliphatic heterocycles. The van der Waals surface area contributed by atoms with Crippen molar-refractivity contribution in [2.75, 3.05) is 39.3 Å². The van der Waals surface area contributed by atoms with E-state index in [1.807, 2.05) is 23.1 Å². The Morgan fingerprint density at radius 3 is 2.52 bits per heavy atom. The lowest BCUT2D eigenvalue weighted by molar-refractivity contribution is 0.134. The quantitative estimate of drug-likeness (QED) is 0.757. The van der Waals surface area contributed by atoms with Crippen molar-refractivity contribution in [1.29, 1.82) is 0 Å². The van der Waals surface area contributed by atoms with Crippen molar-refractivity contribution in [2.45, 2.75) is 32.7 Å². The summed E-state index contributed by atoms with van der Waals surface area (Å²) in [6, 6.07) is 10.0. The summed E-state index contributed by atoms with van der Waals surface area (Å²) < 4.78 is 5.50. The Hall–Kier alpha value is -1.66. The Bertz CT molecular complexity index is 545. The van der Waals surface area contributed by atoms with E-state index in [0.29, 0.717) is 11.7 Å². The number of carbonyl (C=O) groups excluding carboxylic acids is 1. The van der Waals surface area contributed by atoms with Crippen LogP contribution in [0.4, 0.5) is 4.79 Å². The van der Waals surface area contributed by atoms with Gasteiger partial charge < -0.3 is 15.0 Å². The fourth-order valence-corrected chi connectivity index (χ4v) is 3.09. The molecule has 138 valence electrons. The maximum absolute atomic E-state index is 12.6. The van der Waals surface area contributed by atoms with Gasteiger partial charge in [-0.15, -0.1) is 0 Å². The summed E-state index contributed by atoms with van der Waals surface area (Å²) in [6.45, 7) is 8.88. The normalized spacial score (nSPS) is 16.3. The fourth-order valence-electron chi connectivity index (χ4n) is 3.02. The third-order valence-corrected chi connectivity index (χ3v) is 4.46. The molecule has 5 nitrogen and oxygen atoms in total. The van der Waals surface area contributed by atoms with Gasteiger partial charge in [0.15, 0.2) is 5.05 Å². The van der Waals surface area contributed by atoms with Crippen LogP contribution in [-0.2, 0) is 11.2 Å². The van der Waals surface area contributed by atoms with E-state index in [4.69, 9.17) is 17.0 Å². The summed E-state index contributed by atoms with van der Waals surface area (Å²) in [4.78, 5) is 16.9. The molecule has 0 spiro atoms. The molecule has 1 atom stereocenters. The zero-order valence-corrected chi connectivity index (χ0v) is 16.1. The molecule has 0 saturated carbocycles. The van der Waals surface area contributed by atoms with Gasteiger partial charge in [0, 0.05) is 33.1 Å². The molecule has 2 amide bonds. The van der Waals surface area contributed by atoms with Crippen molar-refractivity contribution in [3.05, 3.63) is 35.9 Å². The lowest BCUT2D eigenvalue weighted by Crippen LogP contribution is -2.54. The van der Waals surface area contributed by atoms with Gasteiger partial charge in [0.05, 0.1) is 6.04 Å². The van der Waals surface area contributed by atoms with Crippen LogP contribution >= 0.6 is 12.2 Å². The van der Waals surface area contributed by atoms with Crippen LogP contribution in [0.2, 0.25) is 0 Å². The highest BCUT2D eigenvalue weighted by Gasteiger charge is 2.23. The van der Waals surface area contributed by atoms with E-state index in [-0.39, 0.29) is 12.1 Å². The topological polar surface area (TPSA) is 44.8 Å². The average Bonchev–Trinajstić information content (AvgIpc) is 2.61. The van der Waals surface area contributed by atoms with Crippen LogP contribution in [0.25, 0.3) is 0 Å². The molecule has 6 heteroatoms. The minimum absolute atomic E-state index is 0.0114. The molecule has 1 aliphatic rings. The van der Waals surface area contributed by atoms with Crippen molar-refractivity contribution in [3.63, 3.8) is 0 Å². The number of carbonyl (C=O) groups is 1. The highest BCUT2D eigenvalue weighted by molar-refractivity contribution is 7.80. The van der Waals surface area contributed by atoms with Gasteiger partial charge in [0.2, 0.25) is 0 Å². The SMILES string of the molecule is CCCN1CCN(C(=O)NC(COC(C)=S)Cc2ccccc2)CC1. The number of nitrogens with one attached hydrogen (secondary N) is 1. The van der Waals surface area contributed by atoms with Crippen LogP contribution < -0.4 is 5.32 Å². The van der Waals surface area contributed by atoms with E-state index in [9.17, 15) is 4.79 Å². The van der Waals surface area contributed by atoms with E-state index in [0.717, 1.165) is 45.6 Å². The first kappa shape index (κ1) is 19.7. The molecule has 1 aromatic carbocycles. The molecule has 1 heterocycles. The van der Waals surface area contributed by atoms with Gasteiger partial charge in [-0.25, -0.2) is 4.79 Å². The standard InChI is InChI=1S/C19H29N3O2S/c1-3-9-21-10-12-22(13-11-21)19(23)20-18(15-24-16(2)25)14-17-7-5-4-6-8-17/h4-8,18H,3,9-15H2,1-2H3,(H,20,23). The van der Waals surface area contributed by atoms with E-state index in [1.54, 1.807) is 6.92 Å². The first-order valence-electron chi connectivity index (χ1n) is 9.03. The van der Waals surface area contributed by atoms with Gasteiger partial charge in [-0.05, 0) is 37.2 Å². The van der Waals surface area contributed by atoms with E-state index in [1.165, 1.54) is 5.56 Å². The van der Waals surface area contributed by atoms with Crippen molar-refractivity contribution >= 4 is 23.3 Å². The summed E-state index contributed by atoms with van der Waals surface area (Å²) >= 11 is 5.00. The first-order valence-corrected chi connectivity index (χ1v) is 9.44. The Labute approximate surface area is 156 Å². The summed E-state index contributed by atoms with van der Waals surface area (Å²) in [7, 11) is 0. The Balaban J connectivity index is 1.89. The van der Waals surface area contributed by atoms with E-state index < -0.39 is 0 Å². The average molecular weight is 364 g/mol. The Kier molecular flexibility index (Phi) is 8.15. The highest BCUT2D eigenvalue weighted by atomic mass is 32.1. The van der Waals surface area contributed by atoms with Crippen LogP contribution in [-0.4, -0.2) is 66.3 Å². The van der Waals surface area contributed by atoms with Crippen LogP contribution in [0.1, 0.15) is 25.8 Å². The van der Waals surface area contributed by atoms with Crippen LogP contribution in [0, 0.1) is 0 Å². The third kappa shape index (κ3) is 7.00. The van der Waals surface area contributed by atoms with E-state index in [2.05, 4.69) is 29.3 Å². The van der Waals surface area contributed by atoms with Gasteiger partial charge in [-0.3, -0.25) is 4.90 Å². The largest absolute Gasteiger partial charge is 0.485 e. The van der Waals surface area contributed by atoms with E-state index >= 15 is 0 Å². The number of thiocarbonyl (C=S) groups is 1. The maximum atomic E-state index is 12.6.